The van der Waals surface area contributed by atoms with Crippen molar-refractivity contribution in [3.8, 4) is 0 Å². The zero-order valence-corrected chi connectivity index (χ0v) is 12.1. The number of fused-ring (bicyclic) bond motifs is 1. The van der Waals surface area contributed by atoms with E-state index in [-0.39, 0.29) is 17.1 Å². The molecule has 0 amide bonds. The van der Waals surface area contributed by atoms with Gasteiger partial charge >= 0.3 is 41.2 Å². The van der Waals surface area contributed by atoms with Gasteiger partial charge in [-0.05, 0) is 22.9 Å². The molecule has 0 fully saturated rings. The molecule has 0 unspecified atom stereocenters. The molecule has 0 spiro atoms. The largest absolute Gasteiger partial charge is 0.144 e. The van der Waals surface area contributed by atoms with Gasteiger partial charge in [0.05, 0.1) is 0 Å². The zero-order chi connectivity index (χ0) is 16.6. The molecule has 1 radical (unpaired) electrons. The van der Waals surface area contributed by atoms with E-state index in [1.54, 1.807) is 11.3 Å². The Morgan fingerprint density at radius 2 is 1.19 bits per heavy atom. The van der Waals surface area contributed by atoms with Crippen LogP contribution in [0.15, 0.2) is 35.7 Å². The standard InChI is InChI=1S/C8H6S.3CO.BF4.Mn/c1-2-4-8-7(3-1)5-6-9-8;3*1-2;2-1(3,4)5;/h1-6H;;;;;/q;;;;-1;. The Morgan fingerprint density at radius 1 is 0.810 bits per heavy atom. The topological polar surface area (TPSA) is 59.7 Å². The van der Waals surface area contributed by atoms with Crippen LogP contribution in [-0.4, -0.2) is 7.25 Å². The van der Waals surface area contributed by atoms with E-state index in [1.165, 1.54) is 10.1 Å². The molecule has 10 heteroatoms. The van der Waals surface area contributed by atoms with E-state index in [4.69, 9.17) is 14.0 Å². The van der Waals surface area contributed by atoms with Gasteiger partial charge in [0, 0.05) is 21.8 Å². The van der Waals surface area contributed by atoms with Crippen LogP contribution < -0.4 is 0 Å². The first kappa shape index (κ1) is 28.0. The van der Waals surface area contributed by atoms with Gasteiger partial charge in [-0.2, -0.15) is 0 Å². The Morgan fingerprint density at radius 3 is 1.57 bits per heavy atom. The third-order valence-corrected chi connectivity index (χ3v) is 2.26. The molecule has 1 heterocycles. The molecule has 0 N–H and O–H groups in total. The van der Waals surface area contributed by atoms with Crippen molar-refractivity contribution in [2.45, 2.75) is 0 Å². The van der Waals surface area contributed by atoms with Gasteiger partial charge in [-0.1, -0.05) is 18.2 Å². The Labute approximate surface area is 133 Å². The first-order chi connectivity index (χ1) is 9.47. The summed E-state index contributed by atoms with van der Waals surface area (Å²) >= 11 is 1.79. The first-order valence-electron chi connectivity index (χ1n) is 4.37. The summed E-state index contributed by atoms with van der Waals surface area (Å²) in [6.45, 7) is 13.5. The number of benzene rings is 1. The Bertz CT molecular complexity index is 475. The van der Waals surface area contributed by atoms with Crippen LogP contribution in [0.25, 0.3) is 10.1 Å². The number of thiophene rings is 1. The van der Waals surface area contributed by atoms with Crippen LogP contribution in [0.1, 0.15) is 0 Å². The predicted molar refractivity (Wildman–Crippen MR) is 63.8 cm³/mol. The maximum absolute atomic E-state index is 9.75. The van der Waals surface area contributed by atoms with Crippen LogP contribution in [0, 0.1) is 20.0 Å². The van der Waals surface area contributed by atoms with Crippen molar-refractivity contribution in [3.05, 3.63) is 55.7 Å². The minimum absolute atomic E-state index is 0. The molecule has 0 saturated carbocycles. The van der Waals surface area contributed by atoms with Crippen LogP contribution in [0.4, 0.5) is 17.3 Å². The molecular formula is C11H6BF4MnO3S-. The number of hydrogen-bond acceptors (Lipinski definition) is 1. The van der Waals surface area contributed by atoms with Gasteiger partial charge in [-0.3, -0.25) is 0 Å². The van der Waals surface area contributed by atoms with Gasteiger partial charge in [0.1, 0.15) is 0 Å². The molecular weight excluding hydrogens is 354 g/mol. The molecule has 2 aromatic rings. The Balaban J connectivity index is -0.000000106. The van der Waals surface area contributed by atoms with E-state index in [9.17, 15) is 17.3 Å². The Hall–Kier alpha value is -1.30. The zero-order valence-electron chi connectivity index (χ0n) is 10.1. The molecule has 0 aliphatic carbocycles. The van der Waals surface area contributed by atoms with Crippen molar-refractivity contribution in [3.63, 3.8) is 0 Å². The van der Waals surface area contributed by atoms with Crippen molar-refractivity contribution >= 4 is 28.7 Å². The van der Waals surface area contributed by atoms with E-state index in [1.807, 2.05) is 0 Å². The molecule has 0 aliphatic heterocycles. The van der Waals surface area contributed by atoms with E-state index in [0.29, 0.717) is 0 Å². The van der Waals surface area contributed by atoms with Crippen LogP contribution in [-0.2, 0) is 31.0 Å². The summed E-state index contributed by atoms with van der Waals surface area (Å²) in [6.07, 6.45) is 0. The minimum atomic E-state index is -6.00. The van der Waals surface area contributed by atoms with E-state index < -0.39 is 7.25 Å². The molecule has 113 valence electrons. The van der Waals surface area contributed by atoms with E-state index in [2.05, 4.69) is 55.7 Å². The van der Waals surface area contributed by atoms with Gasteiger partial charge in [0.15, 0.2) is 0 Å². The SMILES string of the molecule is F[B-](F)(F)F.[C-]#[O+].[C-]#[O+].[C-]#[O+].[Mn].c1ccc2sccc2c1. The van der Waals surface area contributed by atoms with Crippen molar-refractivity contribution in [2.24, 2.45) is 0 Å². The maximum atomic E-state index is 9.75. The summed E-state index contributed by atoms with van der Waals surface area (Å²) in [5, 5.41) is 3.47. The van der Waals surface area contributed by atoms with E-state index >= 15 is 0 Å². The number of rotatable bonds is 0. The fraction of sp³-hybridized carbons (Fsp3) is 0. The summed E-state index contributed by atoms with van der Waals surface area (Å²) in [5.41, 5.74) is 0. The maximum Gasteiger partial charge on any atom is 0.0342 e. The summed E-state index contributed by atoms with van der Waals surface area (Å²) < 4.78 is 62.9. The predicted octanol–water partition coefficient (Wildman–Crippen LogP) is 4.09. The van der Waals surface area contributed by atoms with Crippen LogP contribution in [0.5, 0.6) is 0 Å². The van der Waals surface area contributed by atoms with Crippen molar-refractivity contribution in [1.82, 2.24) is 0 Å². The van der Waals surface area contributed by atoms with Crippen LogP contribution in [0.2, 0.25) is 0 Å². The third-order valence-electron chi connectivity index (χ3n) is 1.36. The summed E-state index contributed by atoms with van der Waals surface area (Å²) in [5.74, 6) is 0. The molecule has 1 aromatic heterocycles. The minimum Gasteiger partial charge on any atom is -0.144 e. The second-order valence-electron chi connectivity index (χ2n) is 2.45. The van der Waals surface area contributed by atoms with Gasteiger partial charge < -0.3 is 17.3 Å². The molecule has 21 heavy (non-hydrogen) atoms. The summed E-state index contributed by atoms with van der Waals surface area (Å²) in [4.78, 5) is 0. The van der Waals surface area contributed by atoms with Crippen LogP contribution in [0.3, 0.4) is 0 Å². The quantitative estimate of drug-likeness (QED) is 0.294. The monoisotopic (exact) mass is 360 g/mol. The number of halogens is 4. The fourth-order valence-corrected chi connectivity index (χ4v) is 1.70. The normalized spacial score (nSPS) is 7.52. The molecule has 3 nitrogen and oxygen atoms in total. The molecule has 2 rings (SSSR count). The van der Waals surface area contributed by atoms with Gasteiger partial charge in [0.2, 0.25) is 0 Å². The molecule has 0 bridgehead atoms. The van der Waals surface area contributed by atoms with Crippen molar-refractivity contribution in [2.75, 3.05) is 0 Å². The summed E-state index contributed by atoms with van der Waals surface area (Å²) in [7, 11) is -6.00. The van der Waals surface area contributed by atoms with Crippen molar-refractivity contribution < 1.29 is 48.3 Å². The van der Waals surface area contributed by atoms with Gasteiger partial charge in [0.25, 0.3) is 0 Å². The fourth-order valence-electron chi connectivity index (χ4n) is 0.906. The average Bonchev–Trinajstić information content (AvgIpc) is 2.92. The molecule has 1 aromatic carbocycles. The Kier molecular flexibility index (Phi) is 24.9. The molecule has 0 saturated heterocycles. The molecule has 0 atom stereocenters. The second-order valence-corrected chi connectivity index (χ2v) is 3.40. The smallest absolute Gasteiger partial charge is 0.0342 e. The average molecular weight is 360 g/mol. The van der Waals surface area contributed by atoms with Crippen LogP contribution >= 0.6 is 11.3 Å². The van der Waals surface area contributed by atoms with Gasteiger partial charge in [-0.15, -0.1) is 11.3 Å². The molecule has 0 aliphatic rings. The van der Waals surface area contributed by atoms with Gasteiger partial charge in [-0.25, -0.2) is 0 Å². The van der Waals surface area contributed by atoms with Crippen molar-refractivity contribution in [1.29, 1.82) is 0 Å². The number of hydrogen-bond donors (Lipinski definition) is 0. The van der Waals surface area contributed by atoms with E-state index in [0.717, 1.165) is 0 Å². The first-order valence-corrected chi connectivity index (χ1v) is 5.25. The summed E-state index contributed by atoms with van der Waals surface area (Å²) in [6, 6.07) is 10.5. The second kappa shape index (κ2) is 18.7. The third kappa shape index (κ3) is 21.2.